The number of amidine groups is 1. The molecule has 1 fully saturated rings. The van der Waals surface area contributed by atoms with Crippen LogP contribution in [0, 0.1) is 0 Å². The summed E-state index contributed by atoms with van der Waals surface area (Å²) in [6.45, 7) is 5.53. The van der Waals surface area contributed by atoms with Gasteiger partial charge < -0.3 is 24.2 Å². The van der Waals surface area contributed by atoms with E-state index in [-0.39, 0.29) is 18.2 Å². The Bertz CT molecular complexity index is 1520. The molecule has 2 aliphatic rings. The molecule has 1 saturated heterocycles. The lowest BCUT2D eigenvalue weighted by atomic mass is 9.93. The van der Waals surface area contributed by atoms with Gasteiger partial charge in [-0.1, -0.05) is 47.5 Å². The van der Waals surface area contributed by atoms with Crippen LogP contribution in [-0.4, -0.2) is 91.0 Å². The Hall–Kier alpha value is -3.95. The van der Waals surface area contributed by atoms with E-state index >= 15 is 0 Å². The normalized spacial score (nSPS) is 18.4. The molecule has 4 amide bonds. The fourth-order valence-corrected chi connectivity index (χ4v) is 5.80. The van der Waals surface area contributed by atoms with Gasteiger partial charge in [0, 0.05) is 56.4 Å². The first-order chi connectivity index (χ1) is 21.1. The zero-order valence-corrected chi connectivity index (χ0v) is 27.0. The zero-order chi connectivity index (χ0) is 31.5. The van der Waals surface area contributed by atoms with Gasteiger partial charge in [0.05, 0.1) is 24.8 Å². The molecule has 0 N–H and O–H groups in total. The molecule has 0 saturated carbocycles. The number of benzene rings is 3. The highest BCUT2D eigenvalue weighted by atomic mass is 35.5. The van der Waals surface area contributed by atoms with E-state index in [0.717, 1.165) is 11.1 Å². The minimum absolute atomic E-state index is 0.0731. The highest BCUT2D eigenvalue weighted by Crippen LogP contribution is 2.46. The third kappa shape index (κ3) is 6.59. The van der Waals surface area contributed by atoms with Crippen LogP contribution >= 0.6 is 23.2 Å². The number of carbonyl (C=O) groups excluding carboxylic acids is 2. The molecule has 2 atom stereocenters. The van der Waals surface area contributed by atoms with E-state index in [2.05, 4.69) is 0 Å². The summed E-state index contributed by atoms with van der Waals surface area (Å²) < 4.78 is 11.8. The molecule has 1 unspecified atom stereocenters. The fourth-order valence-electron chi connectivity index (χ4n) is 5.54. The summed E-state index contributed by atoms with van der Waals surface area (Å²) in [7, 11) is 5.06. The Labute approximate surface area is 268 Å². The molecule has 0 aliphatic carbocycles. The van der Waals surface area contributed by atoms with Crippen LogP contribution in [0.25, 0.3) is 0 Å². The van der Waals surface area contributed by atoms with Crippen molar-refractivity contribution in [3.8, 4) is 11.5 Å². The number of hydrogen-bond donors (Lipinski definition) is 0. The van der Waals surface area contributed by atoms with Crippen molar-refractivity contribution in [3.05, 3.63) is 93.5 Å². The second-order valence-corrected chi connectivity index (χ2v) is 12.2. The lowest BCUT2D eigenvalue weighted by Crippen LogP contribution is -2.56. The lowest BCUT2D eigenvalue weighted by molar-refractivity contribution is 0.115. The highest BCUT2D eigenvalue weighted by molar-refractivity contribution is 6.30. The maximum atomic E-state index is 14.7. The third-order valence-electron chi connectivity index (χ3n) is 7.69. The molecule has 0 radical (unpaired) electrons. The molecule has 2 aliphatic heterocycles. The van der Waals surface area contributed by atoms with E-state index < -0.39 is 12.1 Å². The minimum Gasteiger partial charge on any atom is -0.497 e. The third-order valence-corrected chi connectivity index (χ3v) is 8.20. The van der Waals surface area contributed by atoms with Crippen molar-refractivity contribution in [2.24, 2.45) is 4.99 Å². The quantitative estimate of drug-likeness (QED) is 0.299. The monoisotopic (exact) mass is 637 g/mol. The van der Waals surface area contributed by atoms with Crippen molar-refractivity contribution in [2.45, 2.75) is 32.0 Å². The van der Waals surface area contributed by atoms with Crippen molar-refractivity contribution in [3.63, 3.8) is 0 Å². The Morgan fingerprint density at radius 1 is 0.864 bits per heavy atom. The number of carbonyl (C=O) groups is 2. The number of methoxy groups -OCH3 is 1. The van der Waals surface area contributed by atoms with Crippen molar-refractivity contribution >= 4 is 41.1 Å². The van der Waals surface area contributed by atoms with E-state index in [9.17, 15) is 9.59 Å². The highest BCUT2D eigenvalue weighted by Gasteiger charge is 2.45. The number of nitrogens with zero attached hydrogens (tertiary/aromatic N) is 5. The summed E-state index contributed by atoms with van der Waals surface area (Å²) in [6.07, 6.45) is -0.131. The second kappa shape index (κ2) is 13.4. The molecule has 44 heavy (non-hydrogen) atoms. The van der Waals surface area contributed by atoms with E-state index in [1.807, 2.05) is 80.6 Å². The maximum absolute atomic E-state index is 14.7. The van der Waals surface area contributed by atoms with Gasteiger partial charge in [0.1, 0.15) is 23.4 Å². The van der Waals surface area contributed by atoms with E-state index in [0.29, 0.717) is 59.1 Å². The topological polar surface area (TPSA) is 77.9 Å². The van der Waals surface area contributed by atoms with Crippen LogP contribution in [0.1, 0.15) is 42.6 Å². The van der Waals surface area contributed by atoms with Crippen molar-refractivity contribution in [2.75, 3.05) is 47.4 Å². The lowest BCUT2D eigenvalue weighted by Gasteiger charge is -2.39. The number of urea groups is 2. The summed E-state index contributed by atoms with van der Waals surface area (Å²) in [5.41, 5.74) is 2.45. The van der Waals surface area contributed by atoms with Crippen LogP contribution in [0.4, 0.5) is 9.59 Å². The Morgan fingerprint density at radius 3 is 1.98 bits per heavy atom. The zero-order valence-electron chi connectivity index (χ0n) is 25.5. The van der Waals surface area contributed by atoms with Crippen LogP contribution < -0.4 is 9.47 Å². The molecule has 232 valence electrons. The standard InChI is InChI=1S/C33H37Cl2N5O4/c1-21(2)44-28-20-26(43-5)14-15-27(28)31-36-29(22-6-10-24(34)11-7-22)30(23-8-12-25(35)13-9-23)40(31)33(42)39-18-16-38(17-19-39)32(41)37(3)4/h6-15,20-21,29-30H,16-19H2,1-5H3/t29?,30-/m0/s1. The number of halogens is 2. The van der Waals surface area contributed by atoms with Crippen LogP contribution in [-0.2, 0) is 0 Å². The SMILES string of the molecule is COc1ccc(C2=NC(c3ccc(Cl)cc3)[C@H](c3ccc(Cl)cc3)N2C(=O)N2CCN(C(=O)N(C)C)CC2)c(OC(C)C)c1. The molecule has 3 aromatic rings. The van der Waals surface area contributed by atoms with Gasteiger partial charge in [-0.25, -0.2) is 9.59 Å². The van der Waals surface area contributed by atoms with Gasteiger partial charge in [-0.3, -0.25) is 9.89 Å². The van der Waals surface area contributed by atoms with Crippen LogP contribution in [0.5, 0.6) is 11.5 Å². The Balaban J connectivity index is 1.63. The molecule has 0 spiro atoms. The molecular formula is C33H37Cl2N5O4. The molecular weight excluding hydrogens is 601 g/mol. The summed E-state index contributed by atoms with van der Waals surface area (Å²) >= 11 is 12.6. The summed E-state index contributed by atoms with van der Waals surface area (Å²) in [6, 6.07) is 19.4. The average Bonchev–Trinajstić information content (AvgIpc) is 3.41. The van der Waals surface area contributed by atoms with Gasteiger partial charge in [-0.15, -0.1) is 0 Å². The first kappa shape index (κ1) is 31.5. The van der Waals surface area contributed by atoms with E-state index in [1.54, 1.807) is 40.8 Å². The smallest absolute Gasteiger partial charge is 0.326 e. The number of amides is 4. The van der Waals surface area contributed by atoms with Gasteiger partial charge >= 0.3 is 12.1 Å². The number of ether oxygens (including phenoxy) is 2. The Morgan fingerprint density at radius 2 is 1.43 bits per heavy atom. The molecule has 2 heterocycles. The van der Waals surface area contributed by atoms with Crippen molar-refractivity contribution < 1.29 is 19.1 Å². The van der Waals surface area contributed by atoms with Crippen LogP contribution in [0.15, 0.2) is 71.7 Å². The first-order valence-electron chi connectivity index (χ1n) is 14.6. The van der Waals surface area contributed by atoms with Crippen LogP contribution in [0.3, 0.4) is 0 Å². The van der Waals surface area contributed by atoms with Crippen LogP contribution in [0.2, 0.25) is 10.0 Å². The summed E-state index contributed by atoms with van der Waals surface area (Å²) in [5, 5.41) is 1.21. The molecule has 3 aromatic carbocycles. The number of aliphatic imine (C=N–C) groups is 1. The summed E-state index contributed by atoms with van der Waals surface area (Å²) in [4.78, 5) is 39.4. The second-order valence-electron chi connectivity index (χ2n) is 11.3. The molecule has 5 rings (SSSR count). The van der Waals surface area contributed by atoms with Crippen molar-refractivity contribution in [1.29, 1.82) is 0 Å². The molecule has 9 nitrogen and oxygen atoms in total. The van der Waals surface area contributed by atoms with Gasteiger partial charge in [0.2, 0.25) is 0 Å². The van der Waals surface area contributed by atoms with Gasteiger partial charge in [0.15, 0.2) is 0 Å². The first-order valence-corrected chi connectivity index (χ1v) is 15.3. The van der Waals surface area contributed by atoms with E-state index in [4.69, 9.17) is 37.7 Å². The molecule has 0 bridgehead atoms. The Kier molecular flexibility index (Phi) is 9.56. The van der Waals surface area contributed by atoms with Crippen molar-refractivity contribution in [1.82, 2.24) is 19.6 Å². The fraction of sp³-hybridized carbons (Fsp3) is 0.364. The average molecular weight is 639 g/mol. The number of rotatable bonds is 6. The van der Waals surface area contributed by atoms with Gasteiger partial charge in [-0.2, -0.15) is 0 Å². The maximum Gasteiger partial charge on any atom is 0.326 e. The summed E-state index contributed by atoms with van der Waals surface area (Å²) in [5.74, 6) is 1.68. The predicted octanol–water partition coefficient (Wildman–Crippen LogP) is 6.75. The largest absolute Gasteiger partial charge is 0.497 e. The minimum atomic E-state index is -0.494. The van der Waals surface area contributed by atoms with Gasteiger partial charge in [-0.05, 0) is 61.4 Å². The number of hydrogen-bond acceptors (Lipinski definition) is 5. The predicted molar refractivity (Wildman–Crippen MR) is 173 cm³/mol. The molecule has 11 heteroatoms. The number of piperazine rings is 1. The van der Waals surface area contributed by atoms with Gasteiger partial charge in [0.25, 0.3) is 0 Å². The molecule has 0 aromatic heterocycles. The van der Waals surface area contributed by atoms with E-state index in [1.165, 1.54) is 0 Å².